The molecule has 1 atom stereocenters. The van der Waals surface area contributed by atoms with Gasteiger partial charge in [-0.1, -0.05) is 26.2 Å². The lowest BCUT2D eigenvalue weighted by atomic mass is 9.81. The summed E-state index contributed by atoms with van der Waals surface area (Å²) in [6, 6.07) is 12.7. The number of nitrogens with zero attached hydrogens (tertiary/aromatic N) is 3. The van der Waals surface area contributed by atoms with Gasteiger partial charge in [-0.2, -0.15) is 18.3 Å². The van der Waals surface area contributed by atoms with Crippen molar-refractivity contribution >= 4 is 11.6 Å². The Hall–Kier alpha value is -3.29. The fourth-order valence-electron chi connectivity index (χ4n) is 5.18. The van der Waals surface area contributed by atoms with Gasteiger partial charge in [0, 0.05) is 36.6 Å². The molecule has 3 aromatic rings. The number of carbonyl (C=O) groups excluding carboxylic acids is 1. The van der Waals surface area contributed by atoms with Crippen LogP contribution in [0.1, 0.15) is 78.7 Å². The molecule has 198 valence electrons. The topological polar surface area (TPSA) is 50.2 Å². The van der Waals surface area contributed by atoms with E-state index in [-0.39, 0.29) is 11.9 Å². The van der Waals surface area contributed by atoms with Crippen molar-refractivity contribution in [3.8, 4) is 5.69 Å². The highest BCUT2D eigenvalue weighted by Crippen LogP contribution is 2.38. The van der Waals surface area contributed by atoms with Crippen molar-refractivity contribution < 1.29 is 18.0 Å². The lowest BCUT2D eigenvalue weighted by molar-refractivity contribution is -0.137. The van der Waals surface area contributed by atoms with Gasteiger partial charge >= 0.3 is 6.18 Å². The second kappa shape index (κ2) is 11.4. The van der Waals surface area contributed by atoms with E-state index in [1.807, 2.05) is 51.4 Å². The number of aromatic nitrogens is 2. The monoisotopic (exact) mass is 512 g/mol. The summed E-state index contributed by atoms with van der Waals surface area (Å²) in [5.41, 5.74) is 3.37. The molecule has 2 aromatic carbocycles. The van der Waals surface area contributed by atoms with Gasteiger partial charge in [0.05, 0.1) is 23.0 Å². The molecule has 0 bridgehead atoms. The second-order valence-corrected chi connectivity index (χ2v) is 9.98. The van der Waals surface area contributed by atoms with E-state index in [0.29, 0.717) is 23.7 Å². The van der Waals surface area contributed by atoms with Gasteiger partial charge in [0.2, 0.25) is 0 Å². The van der Waals surface area contributed by atoms with Crippen molar-refractivity contribution in [2.24, 2.45) is 5.92 Å². The molecule has 8 heteroatoms. The van der Waals surface area contributed by atoms with Gasteiger partial charge < -0.3 is 10.2 Å². The third-order valence-electron chi connectivity index (χ3n) is 7.21. The number of hydrogen-bond acceptors (Lipinski definition) is 3. The van der Waals surface area contributed by atoms with E-state index in [1.165, 1.54) is 31.4 Å². The maximum atomic E-state index is 13.0. The lowest BCUT2D eigenvalue weighted by Crippen LogP contribution is -2.27. The Morgan fingerprint density at radius 2 is 1.73 bits per heavy atom. The van der Waals surface area contributed by atoms with Gasteiger partial charge in [-0.25, -0.2) is 4.68 Å². The molecule has 1 heterocycles. The van der Waals surface area contributed by atoms with Crippen LogP contribution in [0.5, 0.6) is 0 Å². The maximum absolute atomic E-state index is 13.0. The molecule has 1 unspecified atom stereocenters. The maximum Gasteiger partial charge on any atom is 0.416 e. The predicted octanol–water partition coefficient (Wildman–Crippen LogP) is 7.42. The zero-order valence-electron chi connectivity index (χ0n) is 21.7. The van der Waals surface area contributed by atoms with Gasteiger partial charge in [-0.05, 0) is 80.6 Å². The normalized spacial score (nSPS) is 15.4. The zero-order valence-corrected chi connectivity index (χ0v) is 21.7. The smallest absolute Gasteiger partial charge is 0.378 e. The van der Waals surface area contributed by atoms with Crippen LogP contribution in [0.25, 0.3) is 5.69 Å². The highest BCUT2D eigenvalue weighted by atomic mass is 19.4. The number of amides is 1. The average molecular weight is 513 g/mol. The molecule has 1 fully saturated rings. The summed E-state index contributed by atoms with van der Waals surface area (Å²) in [5.74, 6) is 0.417. The summed E-state index contributed by atoms with van der Waals surface area (Å²) < 4.78 is 40.7. The number of nitrogens with one attached hydrogen (secondary N) is 1. The molecule has 1 aliphatic rings. The quantitative estimate of drug-likeness (QED) is 0.342. The third kappa shape index (κ3) is 6.35. The van der Waals surface area contributed by atoms with E-state index in [2.05, 4.69) is 10.4 Å². The van der Waals surface area contributed by atoms with E-state index in [4.69, 9.17) is 0 Å². The van der Waals surface area contributed by atoms with Crippen molar-refractivity contribution in [3.05, 3.63) is 77.1 Å². The van der Waals surface area contributed by atoms with Crippen LogP contribution in [0.15, 0.2) is 54.7 Å². The summed E-state index contributed by atoms with van der Waals surface area (Å²) in [6.07, 6.45) is 4.24. The molecule has 1 aliphatic carbocycles. The summed E-state index contributed by atoms with van der Waals surface area (Å²) >= 11 is 0. The highest BCUT2D eigenvalue weighted by Gasteiger charge is 2.31. The Morgan fingerprint density at radius 1 is 1.08 bits per heavy atom. The molecule has 37 heavy (non-hydrogen) atoms. The molecule has 1 saturated carbocycles. The first-order chi connectivity index (χ1) is 17.7. The molecule has 0 spiro atoms. The number of halogens is 3. The largest absolute Gasteiger partial charge is 0.416 e. The number of hydrogen-bond donors (Lipinski definition) is 1. The van der Waals surface area contributed by atoms with Crippen LogP contribution in [0, 0.1) is 12.8 Å². The van der Waals surface area contributed by atoms with E-state index in [0.717, 1.165) is 48.3 Å². The van der Waals surface area contributed by atoms with Crippen LogP contribution < -0.4 is 5.32 Å². The van der Waals surface area contributed by atoms with Crippen molar-refractivity contribution in [2.75, 3.05) is 18.9 Å². The van der Waals surface area contributed by atoms with Crippen LogP contribution in [0.2, 0.25) is 0 Å². The van der Waals surface area contributed by atoms with E-state index in [9.17, 15) is 18.0 Å². The number of alkyl halides is 3. The highest BCUT2D eigenvalue weighted by molar-refractivity contribution is 5.94. The van der Waals surface area contributed by atoms with E-state index in [1.54, 1.807) is 9.58 Å². The van der Waals surface area contributed by atoms with Gasteiger partial charge in [0.25, 0.3) is 5.91 Å². The molecule has 1 aromatic heterocycles. The first kappa shape index (κ1) is 26.8. The van der Waals surface area contributed by atoms with Crippen LogP contribution in [0.3, 0.4) is 0 Å². The molecule has 0 saturated heterocycles. The Bertz CT molecular complexity index is 1180. The summed E-state index contributed by atoms with van der Waals surface area (Å²) in [5, 5.41) is 8.34. The minimum absolute atomic E-state index is 0.00546. The standard InChI is InChI=1S/C29H35F3N4O/c1-4-18-35(3)28(37)22-10-14-24(15-11-22)33-27(21-8-6-5-7-9-21)26-19-36(34-20(26)2)25-16-12-23(13-17-25)29(30,31)32/h10-17,19,21,27,33H,4-9,18H2,1-3H3. The van der Waals surface area contributed by atoms with Crippen molar-refractivity contribution in [1.29, 1.82) is 0 Å². The summed E-state index contributed by atoms with van der Waals surface area (Å²) in [4.78, 5) is 14.4. The fourth-order valence-corrected chi connectivity index (χ4v) is 5.18. The molecule has 0 radical (unpaired) electrons. The van der Waals surface area contributed by atoms with Crippen molar-refractivity contribution in [2.45, 2.75) is 64.6 Å². The lowest BCUT2D eigenvalue weighted by Gasteiger charge is -2.31. The fraction of sp³-hybridized carbons (Fsp3) is 0.448. The minimum atomic E-state index is -4.37. The second-order valence-electron chi connectivity index (χ2n) is 9.98. The first-order valence-corrected chi connectivity index (χ1v) is 13.0. The Balaban J connectivity index is 1.59. The molecule has 4 rings (SSSR count). The Morgan fingerprint density at radius 3 is 2.32 bits per heavy atom. The minimum Gasteiger partial charge on any atom is -0.378 e. The molecular formula is C29H35F3N4O. The third-order valence-corrected chi connectivity index (χ3v) is 7.21. The molecule has 1 N–H and O–H groups in total. The van der Waals surface area contributed by atoms with Gasteiger partial charge in [0.15, 0.2) is 0 Å². The van der Waals surface area contributed by atoms with Gasteiger partial charge in [-0.15, -0.1) is 0 Å². The van der Waals surface area contributed by atoms with E-state index >= 15 is 0 Å². The summed E-state index contributed by atoms with van der Waals surface area (Å²) in [7, 11) is 1.81. The molecule has 0 aliphatic heterocycles. The van der Waals surface area contributed by atoms with Crippen LogP contribution in [-0.2, 0) is 6.18 Å². The molecule has 1 amide bonds. The Labute approximate surface area is 216 Å². The number of benzene rings is 2. The van der Waals surface area contributed by atoms with Crippen molar-refractivity contribution in [3.63, 3.8) is 0 Å². The molecular weight excluding hydrogens is 477 g/mol. The van der Waals surface area contributed by atoms with Gasteiger partial charge in [0.1, 0.15) is 0 Å². The number of carbonyl (C=O) groups is 1. The van der Waals surface area contributed by atoms with Crippen molar-refractivity contribution in [1.82, 2.24) is 14.7 Å². The van der Waals surface area contributed by atoms with Crippen LogP contribution in [0.4, 0.5) is 18.9 Å². The van der Waals surface area contributed by atoms with Crippen LogP contribution in [-0.4, -0.2) is 34.2 Å². The SMILES string of the molecule is CCCN(C)C(=O)c1ccc(NC(c2cn(-c3ccc(C(F)(F)F)cc3)nc2C)C2CCCCC2)cc1. The summed E-state index contributed by atoms with van der Waals surface area (Å²) in [6.45, 7) is 4.70. The number of aryl methyl sites for hydroxylation is 1. The van der Waals surface area contributed by atoms with E-state index < -0.39 is 11.7 Å². The van der Waals surface area contributed by atoms with Crippen LogP contribution >= 0.6 is 0 Å². The average Bonchev–Trinajstić information content (AvgIpc) is 3.28. The zero-order chi connectivity index (χ0) is 26.6. The number of anilines is 1. The predicted molar refractivity (Wildman–Crippen MR) is 140 cm³/mol. The first-order valence-electron chi connectivity index (χ1n) is 13.0. The van der Waals surface area contributed by atoms with Gasteiger partial charge in [-0.3, -0.25) is 4.79 Å². The number of rotatable bonds is 8. The molecule has 5 nitrogen and oxygen atoms in total. The Kier molecular flexibility index (Phi) is 8.25.